The lowest BCUT2D eigenvalue weighted by atomic mass is 9.78. The summed E-state index contributed by atoms with van der Waals surface area (Å²) in [6.07, 6.45) is 2.99. The van der Waals surface area contributed by atoms with Gasteiger partial charge in [0.1, 0.15) is 5.56 Å². The smallest absolute Gasteiger partial charge is 0.259 e. The van der Waals surface area contributed by atoms with Crippen LogP contribution in [0.5, 0.6) is 5.75 Å². The summed E-state index contributed by atoms with van der Waals surface area (Å²) >= 11 is 0. The van der Waals surface area contributed by atoms with Gasteiger partial charge in [-0.05, 0) is 44.4 Å². The first-order valence-corrected chi connectivity index (χ1v) is 8.18. The van der Waals surface area contributed by atoms with Gasteiger partial charge in [0.2, 0.25) is 0 Å². The third kappa shape index (κ3) is 3.18. The van der Waals surface area contributed by atoms with Gasteiger partial charge in [0.15, 0.2) is 23.1 Å². The molecule has 134 valence electrons. The van der Waals surface area contributed by atoms with Crippen molar-refractivity contribution < 1.29 is 18.4 Å². The molecule has 0 saturated heterocycles. The van der Waals surface area contributed by atoms with Crippen LogP contribution in [-0.4, -0.2) is 37.8 Å². The first-order valence-electron chi connectivity index (χ1n) is 8.18. The van der Waals surface area contributed by atoms with Gasteiger partial charge < -0.3 is 19.5 Å². The second kappa shape index (κ2) is 6.38. The number of ether oxygens (including phenoxy) is 1. The molecule has 3 rings (SSSR count). The van der Waals surface area contributed by atoms with Gasteiger partial charge in [0.05, 0.1) is 7.11 Å². The van der Waals surface area contributed by atoms with E-state index in [9.17, 15) is 9.18 Å². The van der Waals surface area contributed by atoms with Gasteiger partial charge in [-0.2, -0.15) is 0 Å². The molecule has 1 heterocycles. The van der Waals surface area contributed by atoms with Crippen molar-refractivity contribution >= 4 is 11.7 Å². The lowest BCUT2D eigenvalue weighted by molar-refractivity contribution is 0.0851. The van der Waals surface area contributed by atoms with E-state index in [1.807, 2.05) is 6.92 Å². The van der Waals surface area contributed by atoms with E-state index in [-0.39, 0.29) is 17.2 Å². The number of rotatable bonds is 5. The molecule has 25 heavy (non-hydrogen) atoms. The molecule has 2 aromatic rings. The molecule has 1 N–H and O–H groups in total. The molecule has 1 aliphatic carbocycles. The number of benzene rings is 1. The molecule has 0 bridgehead atoms. The van der Waals surface area contributed by atoms with Gasteiger partial charge in [0.25, 0.3) is 5.91 Å². The van der Waals surface area contributed by atoms with E-state index in [0.29, 0.717) is 22.7 Å². The third-order valence-electron chi connectivity index (χ3n) is 4.61. The monoisotopic (exact) mass is 347 g/mol. The molecule has 1 aromatic carbocycles. The zero-order valence-corrected chi connectivity index (χ0v) is 14.9. The summed E-state index contributed by atoms with van der Waals surface area (Å²) in [7, 11) is 4.96. The Balaban J connectivity index is 2.04. The normalized spacial score (nSPS) is 15.4. The Morgan fingerprint density at radius 1 is 1.40 bits per heavy atom. The lowest BCUT2D eigenvalue weighted by Gasteiger charge is -2.39. The van der Waals surface area contributed by atoms with Crippen LogP contribution in [0.2, 0.25) is 0 Å². The van der Waals surface area contributed by atoms with Crippen molar-refractivity contribution in [3.63, 3.8) is 0 Å². The molecule has 6 nitrogen and oxygen atoms in total. The summed E-state index contributed by atoms with van der Waals surface area (Å²) in [6, 6.07) is 4.32. The summed E-state index contributed by atoms with van der Waals surface area (Å²) in [6.45, 7) is 2.03. The van der Waals surface area contributed by atoms with Crippen LogP contribution in [-0.2, 0) is 0 Å². The molecule has 0 spiro atoms. The minimum Gasteiger partial charge on any atom is -0.494 e. The topological polar surface area (TPSA) is 67.6 Å². The minimum atomic E-state index is -0.480. The van der Waals surface area contributed by atoms with Crippen molar-refractivity contribution in [1.82, 2.24) is 10.5 Å². The number of halogens is 1. The van der Waals surface area contributed by atoms with E-state index >= 15 is 0 Å². The maximum atomic E-state index is 13.7. The van der Waals surface area contributed by atoms with Crippen LogP contribution in [0.1, 0.15) is 36.5 Å². The van der Waals surface area contributed by atoms with Crippen LogP contribution in [0, 0.1) is 5.82 Å². The highest BCUT2D eigenvalue weighted by molar-refractivity contribution is 6.04. The molecule has 0 atom stereocenters. The summed E-state index contributed by atoms with van der Waals surface area (Å²) in [5.41, 5.74) is 0.671. The van der Waals surface area contributed by atoms with Crippen molar-refractivity contribution in [2.24, 2.45) is 0 Å². The Bertz CT molecular complexity index is 797. The van der Waals surface area contributed by atoms with Crippen LogP contribution in [0.3, 0.4) is 0 Å². The second-order valence-electron chi connectivity index (χ2n) is 6.82. The average Bonchev–Trinajstić information content (AvgIpc) is 2.99. The third-order valence-corrected chi connectivity index (χ3v) is 4.61. The van der Waals surface area contributed by atoms with Crippen LogP contribution >= 0.6 is 0 Å². The van der Waals surface area contributed by atoms with Crippen molar-refractivity contribution in [2.45, 2.75) is 31.7 Å². The van der Waals surface area contributed by atoms with E-state index in [1.54, 1.807) is 25.1 Å². The number of carbonyl (C=O) groups excluding carboxylic acids is 1. The van der Waals surface area contributed by atoms with Crippen molar-refractivity contribution in [2.75, 3.05) is 26.1 Å². The summed E-state index contributed by atoms with van der Waals surface area (Å²) in [5, 5.41) is 7.09. The molecule has 1 saturated carbocycles. The fraction of sp³-hybridized carbons (Fsp3) is 0.444. The van der Waals surface area contributed by atoms with Crippen LogP contribution in [0.4, 0.5) is 10.2 Å². The number of methoxy groups -OCH3 is 1. The molecule has 0 aliphatic heterocycles. The highest BCUT2D eigenvalue weighted by Gasteiger charge is 2.36. The highest BCUT2D eigenvalue weighted by atomic mass is 19.1. The number of carbonyl (C=O) groups is 1. The van der Waals surface area contributed by atoms with E-state index < -0.39 is 5.82 Å². The lowest BCUT2D eigenvalue weighted by Crippen LogP contribution is -2.51. The maximum Gasteiger partial charge on any atom is 0.259 e. The van der Waals surface area contributed by atoms with Crippen LogP contribution in [0.25, 0.3) is 11.3 Å². The van der Waals surface area contributed by atoms with E-state index in [4.69, 9.17) is 9.26 Å². The molecule has 1 aromatic heterocycles. The quantitative estimate of drug-likeness (QED) is 0.899. The van der Waals surface area contributed by atoms with Crippen molar-refractivity contribution in [3.05, 3.63) is 29.6 Å². The van der Waals surface area contributed by atoms with Crippen LogP contribution < -0.4 is 15.0 Å². The zero-order chi connectivity index (χ0) is 18.2. The number of aromatic nitrogens is 1. The predicted molar refractivity (Wildman–Crippen MR) is 92.5 cm³/mol. The summed E-state index contributed by atoms with van der Waals surface area (Å²) < 4.78 is 24.2. The standard InChI is InChI=1S/C18H22FN3O3/c1-18(8-5-9-18)20-17(23)14-15(25-21-16(14)22(2)3)11-6-7-12(19)13(10-11)24-4/h6-7,10H,5,8-9H2,1-4H3,(H,20,23). The molecule has 0 unspecified atom stereocenters. The number of hydrogen-bond acceptors (Lipinski definition) is 5. The Morgan fingerprint density at radius 2 is 2.12 bits per heavy atom. The number of hydrogen-bond donors (Lipinski definition) is 1. The van der Waals surface area contributed by atoms with Crippen LogP contribution in [0.15, 0.2) is 22.7 Å². The van der Waals surface area contributed by atoms with E-state index in [0.717, 1.165) is 19.3 Å². The maximum absolute atomic E-state index is 13.7. The fourth-order valence-electron chi connectivity index (χ4n) is 2.96. The Kier molecular flexibility index (Phi) is 4.41. The molecule has 1 fully saturated rings. The van der Waals surface area contributed by atoms with E-state index in [1.165, 1.54) is 19.2 Å². The Morgan fingerprint density at radius 3 is 2.68 bits per heavy atom. The van der Waals surface area contributed by atoms with Gasteiger partial charge in [-0.3, -0.25) is 4.79 Å². The molecule has 1 amide bonds. The predicted octanol–water partition coefficient (Wildman–Crippen LogP) is 3.23. The van der Waals surface area contributed by atoms with Gasteiger partial charge in [-0.1, -0.05) is 5.16 Å². The molecule has 1 aliphatic rings. The first-order chi connectivity index (χ1) is 11.8. The first kappa shape index (κ1) is 17.3. The Labute approximate surface area is 145 Å². The van der Waals surface area contributed by atoms with E-state index in [2.05, 4.69) is 10.5 Å². The van der Waals surface area contributed by atoms with Gasteiger partial charge >= 0.3 is 0 Å². The molecule has 7 heteroatoms. The largest absolute Gasteiger partial charge is 0.494 e. The number of nitrogens with zero attached hydrogens (tertiary/aromatic N) is 2. The molecular weight excluding hydrogens is 325 g/mol. The zero-order valence-electron chi connectivity index (χ0n) is 14.9. The average molecular weight is 347 g/mol. The number of anilines is 1. The number of nitrogens with one attached hydrogen (secondary N) is 1. The molecular formula is C18H22FN3O3. The van der Waals surface area contributed by atoms with Crippen molar-refractivity contribution in [1.29, 1.82) is 0 Å². The fourth-order valence-corrected chi connectivity index (χ4v) is 2.96. The van der Waals surface area contributed by atoms with Gasteiger partial charge in [-0.15, -0.1) is 0 Å². The van der Waals surface area contributed by atoms with Gasteiger partial charge in [0, 0.05) is 25.2 Å². The summed E-state index contributed by atoms with van der Waals surface area (Å²) in [5.74, 6) is 0.0794. The highest BCUT2D eigenvalue weighted by Crippen LogP contribution is 2.36. The SMILES string of the molecule is COc1cc(-c2onc(N(C)C)c2C(=O)NC2(C)CCC2)ccc1F. The molecule has 0 radical (unpaired) electrons. The minimum absolute atomic E-state index is 0.0811. The number of amides is 1. The van der Waals surface area contributed by atoms with Gasteiger partial charge in [-0.25, -0.2) is 4.39 Å². The van der Waals surface area contributed by atoms with Crippen molar-refractivity contribution in [3.8, 4) is 17.1 Å². The Hall–Kier alpha value is -2.57. The summed E-state index contributed by atoms with van der Waals surface area (Å²) in [4.78, 5) is 14.6. The second-order valence-corrected chi connectivity index (χ2v) is 6.82.